The second kappa shape index (κ2) is 4.22. The van der Waals surface area contributed by atoms with Crippen LogP contribution < -0.4 is 5.73 Å². The summed E-state index contributed by atoms with van der Waals surface area (Å²) >= 11 is 0. The Morgan fingerprint density at radius 1 is 1.57 bits per heavy atom. The molecule has 0 aromatic heterocycles. The predicted molar refractivity (Wildman–Crippen MR) is 53.4 cm³/mol. The van der Waals surface area contributed by atoms with Gasteiger partial charge in [0, 0.05) is 6.42 Å². The fourth-order valence-corrected chi connectivity index (χ4v) is 1.39. The number of aryl methyl sites for hydroxylation is 1. The lowest BCUT2D eigenvalue weighted by Crippen LogP contribution is -2.13. The van der Waals surface area contributed by atoms with E-state index < -0.39 is 0 Å². The molecule has 0 heterocycles. The Kier molecular flexibility index (Phi) is 3.23. The molecule has 1 atom stereocenters. The summed E-state index contributed by atoms with van der Waals surface area (Å²) in [5, 5.41) is 0. The lowest BCUT2D eigenvalue weighted by molar-refractivity contribution is -0.118. The van der Waals surface area contributed by atoms with Crippen LogP contribution in [-0.2, 0) is 4.79 Å². The first-order valence-electron chi connectivity index (χ1n) is 4.55. The monoisotopic (exact) mass is 195 g/mol. The van der Waals surface area contributed by atoms with E-state index in [1.54, 1.807) is 19.1 Å². The maximum Gasteiger partial charge on any atom is 0.218 e. The summed E-state index contributed by atoms with van der Waals surface area (Å²) < 4.78 is 12.9. The summed E-state index contributed by atoms with van der Waals surface area (Å²) in [5.74, 6) is -0.508. The molecule has 1 aromatic rings. The predicted octanol–water partition coefficient (Wildman–Crippen LogP) is 2.11. The Hall–Kier alpha value is -1.38. The number of carbonyl (C=O) groups is 1. The van der Waals surface area contributed by atoms with Gasteiger partial charge in [0.05, 0.1) is 0 Å². The van der Waals surface area contributed by atoms with Crippen LogP contribution in [0.15, 0.2) is 18.2 Å². The van der Waals surface area contributed by atoms with Gasteiger partial charge < -0.3 is 5.73 Å². The Labute approximate surface area is 82.9 Å². The highest BCUT2D eigenvalue weighted by atomic mass is 19.1. The molecule has 0 fully saturated rings. The van der Waals surface area contributed by atoms with Crippen molar-refractivity contribution in [3.63, 3.8) is 0 Å². The molecule has 1 unspecified atom stereocenters. The summed E-state index contributed by atoms with van der Waals surface area (Å²) in [4.78, 5) is 10.7. The second-order valence-electron chi connectivity index (χ2n) is 3.58. The van der Waals surface area contributed by atoms with Gasteiger partial charge in [-0.3, -0.25) is 4.79 Å². The average Bonchev–Trinajstić information content (AvgIpc) is 2.08. The van der Waals surface area contributed by atoms with Gasteiger partial charge >= 0.3 is 0 Å². The molecule has 0 bridgehead atoms. The highest BCUT2D eigenvalue weighted by Crippen LogP contribution is 2.20. The van der Waals surface area contributed by atoms with Crippen molar-refractivity contribution in [3.05, 3.63) is 35.1 Å². The van der Waals surface area contributed by atoms with E-state index >= 15 is 0 Å². The molecule has 0 aliphatic heterocycles. The Morgan fingerprint density at radius 2 is 2.21 bits per heavy atom. The van der Waals surface area contributed by atoms with Crippen LogP contribution in [0.2, 0.25) is 0 Å². The van der Waals surface area contributed by atoms with Crippen molar-refractivity contribution in [2.45, 2.75) is 26.2 Å². The first-order chi connectivity index (χ1) is 6.50. The Morgan fingerprint density at radius 3 is 2.71 bits per heavy atom. The highest BCUT2D eigenvalue weighted by molar-refractivity contribution is 5.74. The third-order valence-electron chi connectivity index (χ3n) is 2.26. The van der Waals surface area contributed by atoms with Crippen molar-refractivity contribution in [2.75, 3.05) is 0 Å². The quantitative estimate of drug-likeness (QED) is 0.788. The normalized spacial score (nSPS) is 12.5. The third kappa shape index (κ3) is 2.55. The van der Waals surface area contributed by atoms with Gasteiger partial charge in [-0.25, -0.2) is 4.39 Å². The zero-order chi connectivity index (χ0) is 10.7. The lowest BCUT2D eigenvalue weighted by Gasteiger charge is -2.10. The Bertz CT molecular complexity index is 349. The van der Waals surface area contributed by atoms with Crippen LogP contribution in [0.3, 0.4) is 0 Å². The minimum Gasteiger partial charge on any atom is -0.370 e. The van der Waals surface area contributed by atoms with E-state index in [0.29, 0.717) is 12.0 Å². The minimum absolute atomic E-state index is 0.0480. The molecule has 14 heavy (non-hydrogen) atoms. The molecule has 1 amide bonds. The smallest absolute Gasteiger partial charge is 0.218 e. The molecule has 0 saturated heterocycles. The Balaban J connectivity index is 2.85. The number of primary amides is 1. The van der Waals surface area contributed by atoms with E-state index in [0.717, 1.165) is 5.56 Å². The van der Waals surface area contributed by atoms with E-state index in [1.807, 2.05) is 6.92 Å². The fraction of sp³-hybridized carbons (Fsp3) is 0.364. The van der Waals surface area contributed by atoms with Crippen LogP contribution in [0.5, 0.6) is 0 Å². The van der Waals surface area contributed by atoms with Gasteiger partial charge in [0.2, 0.25) is 5.91 Å². The largest absolute Gasteiger partial charge is 0.370 e. The number of halogens is 1. The van der Waals surface area contributed by atoms with Crippen molar-refractivity contribution in [1.29, 1.82) is 0 Å². The summed E-state index contributed by atoms with van der Waals surface area (Å²) in [6.07, 6.45) is 0.297. The molecular formula is C11H14FNO. The average molecular weight is 195 g/mol. The minimum atomic E-state index is -0.334. The van der Waals surface area contributed by atoms with E-state index in [2.05, 4.69) is 0 Å². The molecule has 0 aliphatic carbocycles. The van der Waals surface area contributed by atoms with Crippen molar-refractivity contribution < 1.29 is 9.18 Å². The van der Waals surface area contributed by atoms with Crippen molar-refractivity contribution in [1.82, 2.24) is 0 Å². The molecular weight excluding hydrogens is 181 g/mol. The maximum absolute atomic E-state index is 12.9. The van der Waals surface area contributed by atoms with Crippen LogP contribution in [0.1, 0.15) is 30.4 Å². The van der Waals surface area contributed by atoms with Crippen LogP contribution in [-0.4, -0.2) is 5.91 Å². The zero-order valence-corrected chi connectivity index (χ0v) is 8.38. The topological polar surface area (TPSA) is 43.1 Å². The van der Waals surface area contributed by atoms with Crippen LogP contribution in [0.25, 0.3) is 0 Å². The molecule has 76 valence electrons. The van der Waals surface area contributed by atoms with E-state index in [9.17, 15) is 9.18 Å². The van der Waals surface area contributed by atoms with Gasteiger partial charge in [-0.15, -0.1) is 0 Å². The molecule has 0 spiro atoms. The number of benzene rings is 1. The number of hydrogen-bond acceptors (Lipinski definition) is 1. The molecule has 0 radical (unpaired) electrons. The van der Waals surface area contributed by atoms with Gasteiger partial charge in [0.15, 0.2) is 0 Å². The van der Waals surface area contributed by atoms with Gasteiger partial charge in [-0.05, 0) is 30.0 Å². The maximum atomic E-state index is 12.9. The SMILES string of the molecule is Cc1cc(C(C)CC(N)=O)ccc1F. The van der Waals surface area contributed by atoms with Crippen molar-refractivity contribution >= 4 is 5.91 Å². The molecule has 3 heteroatoms. The number of carbonyl (C=O) groups excluding carboxylic acids is 1. The first-order valence-corrected chi connectivity index (χ1v) is 4.55. The van der Waals surface area contributed by atoms with Crippen molar-refractivity contribution in [2.24, 2.45) is 5.73 Å². The molecule has 2 nitrogen and oxygen atoms in total. The van der Waals surface area contributed by atoms with E-state index in [-0.39, 0.29) is 17.6 Å². The third-order valence-corrected chi connectivity index (χ3v) is 2.26. The summed E-state index contributed by atoms with van der Waals surface area (Å²) in [6.45, 7) is 3.60. The standard InChI is InChI=1S/C11H14FNO/c1-7(6-11(13)14)9-3-4-10(12)8(2)5-9/h3-5,7H,6H2,1-2H3,(H2,13,14). The van der Waals surface area contributed by atoms with Crippen LogP contribution >= 0.6 is 0 Å². The number of amides is 1. The number of nitrogens with two attached hydrogens (primary N) is 1. The molecule has 1 aromatic carbocycles. The lowest BCUT2D eigenvalue weighted by atomic mass is 9.96. The summed E-state index contributed by atoms with van der Waals surface area (Å²) in [7, 11) is 0. The molecule has 0 aliphatic rings. The van der Waals surface area contributed by atoms with Gasteiger partial charge in [0.1, 0.15) is 5.82 Å². The molecule has 2 N–H and O–H groups in total. The fourth-order valence-electron chi connectivity index (χ4n) is 1.39. The van der Waals surface area contributed by atoms with Gasteiger partial charge in [-0.2, -0.15) is 0 Å². The van der Waals surface area contributed by atoms with Crippen LogP contribution in [0.4, 0.5) is 4.39 Å². The summed E-state index contributed by atoms with van der Waals surface area (Å²) in [6, 6.07) is 4.86. The number of hydrogen-bond donors (Lipinski definition) is 1. The van der Waals surface area contributed by atoms with E-state index in [1.165, 1.54) is 6.07 Å². The molecule has 1 rings (SSSR count). The second-order valence-corrected chi connectivity index (χ2v) is 3.58. The van der Waals surface area contributed by atoms with E-state index in [4.69, 9.17) is 5.73 Å². The van der Waals surface area contributed by atoms with Gasteiger partial charge in [-0.1, -0.05) is 19.1 Å². The van der Waals surface area contributed by atoms with Gasteiger partial charge in [0.25, 0.3) is 0 Å². The molecule has 0 saturated carbocycles. The number of rotatable bonds is 3. The van der Waals surface area contributed by atoms with Crippen molar-refractivity contribution in [3.8, 4) is 0 Å². The zero-order valence-electron chi connectivity index (χ0n) is 8.38. The van der Waals surface area contributed by atoms with Crippen LogP contribution in [0, 0.1) is 12.7 Å². The summed E-state index contributed by atoms with van der Waals surface area (Å²) in [5.41, 5.74) is 6.63. The first kappa shape index (κ1) is 10.7. The highest BCUT2D eigenvalue weighted by Gasteiger charge is 2.09.